The van der Waals surface area contributed by atoms with Crippen LogP contribution in [-0.4, -0.2) is 38.4 Å². The van der Waals surface area contributed by atoms with Crippen LogP contribution in [0.3, 0.4) is 0 Å². The number of para-hydroxylation sites is 1. The van der Waals surface area contributed by atoms with Crippen LogP contribution < -0.4 is 15.4 Å². The predicted octanol–water partition coefficient (Wildman–Crippen LogP) is 5.65. The van der Waals surface area contributed by atoms with Gasteiger partial charge in [0.15, 0.2) is 5.75 Å². The van der Waals surface area contributed by atoms with Crippen molar-refractivity contribution >= 4 is 23.2 Å². The van der Waals surface area contributed by atoms with Gasteiger partial charge in [0.2, 0.25) is 5.91 Å². The van der Waals surface area contributed by atoms with E-state index in [2.05, 4.69) is 10.6 Å². The SMILES string of the molecule is COCc1cc(C(F)(C(F)(F)F)C(F)(F)F)cc(C)c1NC(=O)c1cccc(NC(C)=O)c1OC. The smallest absolute Gasteiger partial charge is 0.435 e. The Morgan fingerprint density at radius 1 is 0.943 bits per heavy atom. The van der Waals surface area contributed by atoms with E-state index in [4.69, 9.17) is 9.47 Å². The van der Waals surface area contributed by atoms with Crippen molar-refractivity contribution in [3.05, 3.63) is 52.6 Å². The molecule has 2 aromatic carbocycles. The number of benzene rings is 2. The number of anilines is 2. The third kappa shape index (κ3) is 5.50. The first-order valence-corrected chi connectivity index (χ1v) is 9.79. The van der Waals surface area contributed by atoms with E-state index < -0.39 is 42.0 Å². The van der Waals surface area contributed by atoms with Gasteiger partial charge in [0, 0.05) is 30.8 Å². The molecule has 0 aromatic heterocycles. The number of amides is 2. The summed E-state index contributed by atoms with van der Waals surface area (Å²) in [5.74, 6) is -1.36. The lowest BCUT2D eigenvalue weighted by Crippen LogP contribution is -2.50. The van der Waals surface area contributed by atoms with Crippen molar-refractivity contribution in [2.45, 2.75) is 38.5 Å². The van der Waals surface area contributed by atoms with Crippen LogP contribution in [0.2, 0.25) is 0 Å². The van der Waals surface area contributed by atoms with Crippen LogP contribution >= 0.6 is 0 Å². The fourth-order valence-corrected chi connectivity index (χ4v) is 3.40. The summed E-state index contributed by atoms with van der Waals surface area (Å²) in [6.07, 6.45) is -12.6. The number of carbonyl (C=O) groups excluding carboxylic acids is 2. The van der Waals surface area contributed by atoms with Crippen molar-refractivity contribution < 1.29 is 49.8 Å². The largest absolute Gasteiger partial charge is 0.494 e. The van der Waals surface area contributed by atoms with E-state index in [0.717, 1.165) is 14.0 Å². The van der Waals surface area contributed by atoms with Gasteiger partial charge in [0.1, 0.15) is 0 Å². The van der Waals surface area contributed by atoms with Crippen molar-refractivity contribution in [2.24, 2.45) is 0 Å². The van der Waals surface area contributed by atoms with Gasteiger partial charge in [-0.05, 0) is 30.7 Å². The molecule has 0 unspecified atom stereocenters. The minimum Gasteiger partial charge on any atom is -0.494 e. The molecule has 2 amide bonds. The van der Waals surface area contributed by atoms with Crippen LogP contribution in [0.15, 0.2) is 30.3 Å². The maximum Gasteiger partial charge on any atom is 0.435 e. The van der Waals surface area contributed by atoms with E-state index in [1.807, 2.05) is 0 Å². The lowest BCUT2D eigenvalue weighted by atomic mass is 9.90. The molecular weight excluding hydrogens is 489 g/mol. The molecule has 0 fully saturated rings. The van der Waals surface area contributed by atoms with Gasteiger partial charge in [-0.2, -0.15) is 26.3 Å². The summed E-state index contributed by atoms with van der Waals surface area (Å²) < 4.78 is 104. The zero-order valence-corrected chi connectivity index (χ0v) is 18.9. The molecule has 13 heteroatoms. The van der Waals surface area contributed by atoms with E-state index >= 15 is 0 Å². The second-order valence-corrected chi connectivity index (χ2v) is 7.44. The maximum atomic E-state index is 14.6. The van der Waals surface area contributed by atoms with Crippen LogP contribution in [0.25, 0.3) is 0 Å². The number of hydrogen-bond donors (Lipinski definition) is 2. The third-order valence-corrected chi connectivity index (χ3v) is 4.91. The zero-order chi connectivity index (χ0) is 26.8. The second-order valence-electron chi connectivity index (χ2n) is 7.44. The van der Waals surface area contributed by atoms with Crippen LogP contribution in [0, 0.1) is 6.92 Å². The summed E-state index contributed by atoms with van der Waals surface area (Å²) in [4.78, 5) is 24.4. The van der Waals surface area contributed by atoms with E-state index in [1.54, 1.807) is 0 Å². The number of carbonyl (C=O) groups is 2. The molecule has 0 aliphatic carbocycles. The van der Waals surface area contributed by atoms with E-state index in [1.165, 1.54) is 32.2 Å². The van der Waals surface area contributed by atoms with Gasteiger partial charge >= 0.3 is 18.0 Å². The molecule has 192 valence electrons. The van der Waals surface area contributed by atoms with Gasteiger partial charge in [0.05, 0.1) is 25.0 Å². The zero-order valence-electron chi connectivity index (χ0n) is 18.9. The van der Waals surface area contributed by atoms with Gasteiger partial charge in [-0.25, -0.2) is 4.39 Å². The number of hydrogen-bond acceptors (Lipinski definition) is 4. The number of rotatable bonds is 7. The highest BCUT2D eigenvalue weighted by atomic mass is 19.4. The first-order chi connectivity index (χ1) is 16.1. The molecule has 6 nitrogen and oxygen atoms in total. The minimum absolute atomic E-state index is 0.0420. The van der Waals surface area contributed by atoms with Crippen LogP contribution in [0.4, 0.5) is 42.1 Å². The van der Waals surface area contributed by atoms with E-state index in [0.29, 0.717) is 12.1 Å². The molecule has 2 rings (SSSR count). The molecule has 0 aliphatic rings. The molecule has 0 saturated heterocycles. The van der Waals surface area contributed by atoms with Gasteiger partial charge in [-0.1, -0.05) is 12.1 Å². The molecule has 0 bridgehead atoms. The Morgan fingerprint density at radius 2 is 1.54 bits per heavy atom. The Hall–Kier alpha value is -3.35. The minimum atomic E-state index is -6.30. The van der Waals surface area contributed by atoms with Crippen LogP contribution in [-0.2, 0) is 21.8 Å². The standard InChI is InChI=1S/C22H21F7N2O4/c1-11-8-14(20(23,21(24,25)26)22(27,28)29)9-13(10-34-3)17(11)31-19(33)15-6-5-7-16(18(15)35-4)30-12(2)32/h5-9H,10H2,1-4H3,(H,30,32)(H,31,33). The van der Waals surface area contributed by atoms with Crippen molar-refractivity contribution in [3.8, 4) is 5.75 Å². The van der Waals surface area contributed by atoms with Gasteiger partial charge < -0.3 is 20.1 Å². The molecule has 0 aliphatic heterocycles. The lowest BCUT2D eigenvalue weighted by molar-refractivity contribution is -0.348. The Kier molecular flexibility index (Phi) is 8.05. The quantitative estimate of drug-likeness (QED) is 0.472. The number of ether oxygens (including phenoxy) is 2. The Bertz CT molecular complexity index is 1100. The maximum absolute atomic E-state index is 14.6. The topological polar surface area (TPSA) is 76.7 Å². The Labute approximate surface area is 195 Å². The van der Waals surface area contributed by atoms with Crippen molar-refractivity contribution in [2.75, 3.05) is 24.9 Å². The predicted molar refractivity (Wildman–Crippen MR) is 112 cm³/mol. The van der Waals surface area contributed by atoms with E-state index in [-0.39, 0.29) is 33.8 Å². The van der Waals surface area contributed by atoms with Crippen molar-refractivity contribution in [1.82, 2.24) is 0 Å². The lowest BCUT2D eigenvalue weighted by Gasteiger charge is -2.31. The summed E-state index contributed by atoms with van der Waals surface area (Å²) in [7, 11) is 2.34. The van der Waals surface area contributed by atoms with Gasteiger partial charge in [-0.3, -0.25) is 9.59 Å². The molecule has 0 heterocycles. The summed E-state index contributed by atoms with van der Waals surface area (Å²) in [5, 5.41) is 4.85. The first kappa shape index (κ1) is 27.9. The first-order valence-electron chi connectivity index (χ1n) is 9.79. The highest BCUT2D eigenvalue weighted by Gasteiger charge is 2.73. The fourth-order valence-electron chi connectivity index (χ4n) is 3.40. The highest BCUT2D eigenvalue weighted by Crippen LogP contribution is 2.54. The average molecular weight is 510 g/mol. The summed E-state index contributed by atoms with van der Waals surface area (Å²) in [5.41, 5.74) is -8.10. The van der Waals surface area contributed by atoms with Gasteiger partial charge in [-0.15, -0.1) is 0 Å². The molecule has 0 atom stereocenters. The summed E-state index contributed by atoms with van der Waals surface area (Å²) in [6.45, 7) is 1.79. The fraction of sp³-hybridized carbons (Fsp3) is 0.364. The number of aryl methyl sites for hydroxylation is 1. The number of alkyl halides is 7. The number of methoxy groups -OCH3 is 2. The van der Waals surface area contributed by atoms with E-state index in [9.17, 15) is 40.3 Å². The monoisotopic (exact) mass is 510 g/mol. The molecule has 2 aromatic rings. The normalized spacial score (nSPS) is 12.3. The number of halogens is 7. The Morgan fingerprint density at radius 3 is 2.03 bits per heavy atom. The molecule has 0 saturated carbocycles. The summed E-state index contributed by atoms with van der Waals surface area (Å²) in [6, 6.07) is 4.89. The third-order valence-electron chi connectivity index (χ3n) is 4.91. The second kappa shape index (κ2) is 10.1. The Balaban J connectivity index is 2.61. The molecule has 0 spiro atoms. The highest BCUT2D eigenvalue weighted by molar-refractivity contribution is 6.08. The van der Waals surface area contributed by atoms with Crippen molar-refractivity contribution in [3.63, 3.8) is 0 Å². The molecule has 35 heavy (non-hydrogen) atoms. The molecular formula is C22H21F7N2O4. The van der Waals surface area contributed by atoms with Crippen LogP contribution in [0.5, 0.6) is 5.75 Å². The molecule has 2 N–H and O–H groups in total. The van der Waals surface area contributed by atoms with Gasteiger partial charge in [0.25, 0.3) is 5.91 Å². The van der Waals surface area contributed by atoms with Crippen LogP contribution in [0.1, 0.15) is 34.0 Å². The van der Waals surface area contributed by atoms with Crippen molar-refractivity contribution in [1.29, 1.82) is 0 Å². The summed E-state index contributed by atoms with van der Waals surface area (Å²) >= 11 is 0. The average Bonchev–Trinajstić information content (AvgIpc) is 2.73. The molecule has 0 radical (unpaired) electrons. The number of nitrogens with one attached hydrogen (secondary N) is 2.